The Bertz CT molecular complexity index is 824. The zero-order chi connectivity index (χ0) is 20.9. The number of hydrogen-bond donors (Lipinski definition) is 2. The molecule has 2 fully saturated rings. The van der Waals surface area contributed by atoms with Crippen molar-refractivity contribution in [3.63, 3.8) is 0 Å². The summed E-state index contributed by atoms with van der Waals surface area (Å²) in [5, 5.41) is 18.4. The van der Waals surface area contributed by atoms with Crippen molar-refractivity contribution in [2.45, 2.75) is 31.4 Å². The van der Waals surface area contributed by atoms with Crippen LogP contribution in [-0.4, -0.2) is 47.8 Å². The zero-order valence-electron chi connectivity index (χ0n) is 16.5. The molecule has 0 bridgehead atoms. The van der Waals surface area contributed by atoms with Crippen molar-refractivity contribution in [1.82, 2.24) is 4.90 Å². The van der Waals surface area contributed by atoms with Gasteiger partial charge in [-0.2, -0.15) is 0 Å². The molecule has 4 rings (SSSR count). The van der Waals surface area contributed by atoms with E-state index in [0.29, 0.717) is 10.8 Å². The van der Waals surface area contributed by atoms with Crippen molar-refractivity contribution < 1.29 is 24.5 Å². The summed E-state index contributed by atoms with van der Waals surface area (Å²) < 4.78 is 4.80. The number of hydrogen-bond acceptors (Lipinski definition) is 6. The van der Waals surface area contributed by atoms with Gasteiger partial charge in [-0.15, -0.1) is 11.3 Å². The van der Waals surface area contributed by atoms with Crippen LogP contribution in [0.4, 0.5) is 0 Å². The Morgan fingerprint density at radius 2 is 2.00 bits per heavy atom. The van der Waals surface area contributed by atoms with Gasteiger partial charge in [0, 0.05) is 30.4 Å². The molecule has 1 aromatic heterocycles. The fraction of sp³-hybridized carbons (Fsp3) is 0.455. The second-order valence-electron chi connectivity index (χ2n) is 7.61. The lowest BCUT2D eigenvalue weighted by Gasteiger charge is -2.41. The largest absolute Gasteiger partial charge is 0.483 e. The Morgan fingerprint density at radius 1 is 1.28 bits per heavy atom. The minimum absolute atomic E-state index is 0.250. The highest BCUT2D eigenvalue weighted by atomic mass is 32.1. The Hall–Kier alpha value is -2.22. The van der Waals surface area contributed by atoms with Crippen molar-refractivity contribution in [1.29, 1.82) is 0 Å². The number of fused-ring (bicyclic) bond motifs is 1. The van der Waals surface area contributed by atoms with Gasteiger partial charge >= 0.3 is 5.97 Å². The molecule has 156 valence electrons. The van der Waals surface area contributed by atoms with Crippen LogP contribution in [0.1, 0.15) is 39.4 Å². The molecule has 2 aliphatic rings. The molecule has 29 heavy (non-hydrogen) atoms. The van der Waals surface area contributed by atoms with E-state index in [4.69, 9.17) is 14.6 Å². The van der Waals surface area contributed by atoms with E-state index in [1.807, 2.05) is 30.3 Å². The van der Waals surface area contributed by atoms with Crippen LogP contribution in [0.3, 0.4) is 0 Å². The van der Waals surface area contributed by atoms with Crippen molar-refractivity contribution in [2.24, 2.45) is 11.8 Å². The lowest BCUT2D eigenvalue weighted by atomic mass is 9.67. The number of nitrogens with zero attached hydrogens (tertiary/aromatic N) is 1. The first-order valence-electron chi connectivity index (χ1n) is 9.77. The minimum atomic E-state index is -0.717. The molecule has 7 heteroatoms. The lowest BCUT2D eigenvalue weighted by Crippen LogP contribution is -2.42. The maximum Gasteiger partial charge on any atom is 0.348 e. The van der Waals surface area contributed by atoms with Gasteiger partial charge in [0.2, 0.25) is 0 Å². The molecule has 2 heterocycles. The van der Waals surface area contributed by atoms with Crippen LogP contribution in [0.5, 0.6) is 0 Å². The third kappa shape index (κ3) is 4.69. The van der Waals surface area contributed by atoms with Gasteiger partial charge < -0.3 is 14.9 Å². The summed E-state index contributed by atoms with van der Waals surface area (Å²) >= 11 is 1.50. The molecule has 2 N–H and O–H groups in total. The Labute approximate surface area is 174 Å². The van der Waals surface area contributed by atoms with Crippen molar-refractivity contribution in [3.8, 4) is 0 Å². The van der Waals surface area contributed by atoms with Crippen molar-refractivity contribution in [3.05, 3.63) is 57.8 Å². The number of benzene rings is 1. The van der Waals surface area contributed by atoms with Crippen LogP contribution in [0.15, 0.2) is 42.5 Å². The van der Waals surface area contributed by atoms with E-state index in [1.165, 1.54) is 29.7 Å². The average molecular weight is 418 g/mol. The highest BCUT2D eigenvalue weighted by Crippen LogP contribution is 2.48. The molecule has 6 nitrogen and oxygen atoms in total. The number of methoxy groups -OCH3 is 1. The smallest absolute Gasteiger partial charge is 0.348 e. The molecular formula is C22H27NO5S. The molecule has 1 aliphatic heterocycles. The normalized spacial score (nSPS) is 26.1. The first-order chi connectivity index (χ1) is 14.0. The van der Waals surface area contributed by atoms with Gasteiger partial charge in [-0.05, 0) is 42.9 Å². The van der Waals surface area contributed by atoms with E-state index in [1.54, 1.807) is 0 Å². The molecule has 3 atom stereocenters. The van der Waals surface area contributed by atoms with Crippen LogP contribution in [0.2, 0.25) is 0 Å². The van der Waals surface area contributed by atoms with Crippen molar-refractivity contribution in [2.75, 3.05) is 20.2 Å². The Morgan fingerprint density at radius 3 is 2.69 bits per heavy atom. The molecule has 1 aromatic carbocycles. The highest BCUT2D eigenvalue weighted by Gasteiger charge is 2.49. The van der Waals surface area contributed by atoms with Gasteiger partial charge in [0.05, 0.1) is 12.7 Å². The third-order valence-corrected chi connectivity index (χ3v) is 7.01. The molecule has 0 radical (unpaired) electrons. The van der Waals surface area contributed by atoms with Crippen molar-refractivity contribution >= 4 is 23.8 Å². The first kappa shape index (κ1) is 21.5. The predicted molar refractivity (Wildman–Crippen MR) is 111 cm³/mol. The Balaban J connectivity index is 0.000000755. The molecular weight excluding hydrogens is 390 g/mol. The molecule has 2 aromatic rings. The number of aliphatic hydroxyl groups is 1. The monoisotopic (exact) mass is 417 g/mol. The van der Waals surface area contributed by atoms with E-state index in [-0.39, 0.29) is 18.4 Å². The predicted octanol–water partition coefficient (Wildman–Crippen LogP) is 3.36. The molecule has 1 saturated carbocycles. The Kier molecular flexibility index (Phi) is 7.05. The number of ether oxygens (including phenoxy) is 1. The minimum Gasteiger partial charge on any atom is -0.483 e. The molecule has 1 saturated heterocycles. The van der Waals surface area contributed by atoms with E-state index in [9.17, 15) is 9.90 Å². The van der Waals surface area contributed by atoms with Gasteiger partial charge in [-0.25, -0.2) is 4.79 Å². The zero-order valence-corrected chi connectivity index (χ0v) is 17.3. The fourth-order valence-corrected chi connectivity index (χ4v) is 5.69. The number of carbonyl (C=O) groups is 2. The van der Waals surface area contributed by atoms with E-state index < -0.39 is 5.60 Å². The van der Waals surface area contributed by atoms with E-state index in [0.717, 1.165) is 38.0 Å². The number of carbonyl (C=O) groups excluding carboxylic acids is 1. The summed E-state index contributed by atoms with van der Waals surface area (Å²) in [6.07, 6.45) is 3.11. The van der Waals surface area contributed by atoms with Crippen LogP contribution < -0.4 is 0 Å². The summed E-state index contributed by atoms with van der Waals surface area (Å²) in [6, 6.07) is 14.0. The summed E-state index contributed by atoms with van der Waals surface area (Å²) in [6.45, 7) is 2.51. The maximum absolute atomic E-state index is 11.7. The topological polar surface area (TPSA) is 87.1 Å². The standard InChI is InChI=1S/C21H25NO3S.CH2O2/c1-25-20(23)19-10-9-17(26-19)13-22-12-15-6-5-11-21(24,18(15)14-22)16-7-3-2-4-8-16;2-1-3/h2-4,7-10,15,18,24H,5-6,11-14H2,1H3;1H,(H,2,3)/t15-,18+,21+;/m0./s1. The van der Waals surface area contributed by atoms with Gasteiger partial charge in [0.1, 0.15) is 4.88 Å². The second kappa shape index (κ2) is 9.52. The quantitative estimate of drug-likeness (QED) is 0.586. The first-order valence-corrected chi connectivity index (χ1v) is 10.6. The highest BCUT2D eigenvalue weighted by molar-refractivity contribution is 7.13. The van der Waals surface area contributed by atoms with Gasteiger partial charge in [0.25, 0.3) is 6.47 Å². The number of esters is 1. The van der Waals surface area contributed by atoms with Gasteiger partial charge in [-0.1, -0.05) is 30.3 Å². The third-order valence-electron chi connectivity index (χ3n) is 5.96. The summed E-state index contributed by atoms with van der Waals surface area (Å²) in [5.41, 5.74) is 0.339. The SMILES string of the molecule is COC(=O)c1ccc(CN2C[C@@H]3CCC[C@@](O)(c4ccccc4)[C@@H]3C2)s1.O=CO. The van der Waals surface area contributed by atoms with E-state index >= 15 is 0 Å². The van der Waals surface area contributed by atoms with Gasteiger partial charge in [0.15, 0.2) is 0 Å². The number of carboxylic acid groups (broad SMARTS) is 1. The second-order valence-corrected chi connectivity index (χ2v) is 8.77. The number of rotatable bonds is 4. The van der Waals surface area contributed by atoms with Crippen LogP contribution >= 0.6 is 11.3 Å². The summed E-state index contributed by atoms with van der Waals surface area (Å²) in [7, 11) is 1.41. The number of likely N-dealkylation sites (tertiary alicyclic amines) is 1. The van der Waals surface area contributed by atoms with Crippen LogP contribution in [0, 0.1) is 11.8 Å². The molecule has 1 aliphatic carbocycles. The van der Waals surface area contributed by atoms with Crippen LogP contribution in [-0.2, 0) is 21.7 Å². The molecule has 0 unspecified atom stereocenters. The summed E-state index contributed by atoms with van der Waals surface area (Å²) in [5.74, 6) is 0.544. The average Bonchev–Trinajstić information content (AvgIpc) is 3.37. The fourth-order valence-electron chi connectivity index (χ4n) is 4.72. The summed E-state index contributed by atoms with van der Waals surface area (Å²) in [4.78, 5) is 24.3. The van der Waals surface area contributed by atoms with Gasteiger partial charge in [-0.3, -0.25) is 9.69 Å². The molecule has 0 amide bonds. The van der Waals surface area contributed by atoms with Crippen LogP contribution in [0.25, 0.3) is 0 Å². The number of thiophene rings is 1. The van der Waals surface area contributed by atoms with E-state index in [2.05, 4.69) is 17.0 Å². The molecule has 0 spiro atoms. The maximum atomic E-state index is 11.7. The lowest BCUT2D eigenvalue weighted by molar-refractivity contribution is -0.122.